The first kappa shape index (κ1) is 8.99. The van der Waals surface area contributed by atoms with Crippen molar-refractivity contribution in [2.75, 3.05) is 6.61 Å². The van der Waals surface area contributed by atoms with E-state index in [1.807, 2.05) is 19.1 Å². The van der Waals surface area contributed by atoms with Crippen LogP contribution in [0.3, 0.4) is 0 Å². The minimum Gasteiger partial charge on any atom is -0.311 e. The molecular formula is C9H8NOS2. The maximum absolute atomic E-state index is 5.24. The Morgan fingerprint density at radius 3 is 3.38 bits per heavy atom. The molecule has 1 radical (unpaired) electrons. The molecule has 0 aliphatic carbocycles. The van der Waals surface area contributed by atoms with Gasteiger partial charge in [-0.15, -0.1) is 11.3 Å². The smallest absolute Gasteiger partial charge is 0.153 e. The van der Waals surface area contributed by atoms with E-state index in [9.17, 15) is 0 Å². The molecule has 0 atom stereocenters. The normalized spacial score (nSPS) is 10.8. The van der Waals surface area contributed by atoms with Gasteiger partial charge in [-0.05, 0) is 25.1 Å². The van der Waals surface area contributed by atoms with Crippen LogP contribution in [0.5, 0.6) is 0 Å². The van der Waals surface area contributed by atoms with Crippen molar-refractivity contribution in [1.82, 2.24) is 4.98 Å². The Morgan fingerprint density at radius 1 is 1.62 bits per heavy atom. The summed E-state index contributed by atoms with van der Waals surface area (Å²) in [6, 6.07) is 6.07. The highest BCUT2D eigenvalue weighted by atomic mass is 32.2. The predicted molar refractivity (Wildman–Crippen MR) is 55.9 cm³/mol. The molecule has 1 aromatic carbocycles. The van der Waals surface area contributed by atoms with Crippen molar-refractivity contribution in [3.8, 4) is 0 Å². The number of nitrogens with zero attached hydrogens (tertiary/aromatic N) is 1. The van der Waals surface area contributed by atoms with Crippen molar-refractivity contribution < 1.29 is 4.18 Å². The van der Waals surface area contributed by atoms with Gasteiger partial charge in [-0.2, -0.15) is 0 Å². The van der Waals surface area contributed by atoms with Crippen molar-refractivity contribution in [2.45, 2.75) is 11.8 Å². The van der Waals surface area contributed by atoms with Crippen LogP contribution in [0.15, 0.2) is 23.1 Å². The summed E-state index contributed by atoms with van der Waals surface area (Å²) in [4.78, 5) is 5.20. The minimum absolute atomic E-state index is 0.720. The van der Waals surface area contributed by atoms with Crippen molar-refractivity contribution in [2.24, 2.45) is 0 Å². The Hall–Kier alpha value is -0.580. The molecule has 67 valence electrons. The summed E-state index contributed by atoms with van der Waals surface area (Å²) in [5, 5.41) is 0. The predicted octanol–water partition coefficient (Wildman–Crippen LogP) is 3.14. The molecule has 2 nitrogen and oxygen atoms in total. The van der Waals surface area contributed by atoms with Gasteiger partial charge in [0.1, 0.15) is 0 Å². The van der Waals surface area contributed by atoms with Gasteiger partial charge in [0.05, 0.1) is 16.8 Å². The van der Waals surface area contributed by atoms with Crippen LogP contribution < -0.4 is 0 Å². The van der Waals surface area contributed by atoms with E-state index in [1.165, 1.54) is 23.4 Å². The van der Waals surface area contributed by atoms with E-state index in [4.69, 9.17) is 4.18 Å². The molecule has 1 heterocycles. The number of hydrogen-bond acceptors (Lipinski definition) is 4. The van der Waals surface area contributed by atoms with Gasteiger partial charge in [-0.1, -0.05) is 0 Å². The number of aromatic nitrogens is 1. The maximum Gasteiger partial charge on any atom is 0.153 e. The van der Waals surface area contributed by atoms with E-state index in [1.54, 1.807) is 0 Å². The van der Waals surface area contributed by atoms with E-state index in [0.29, 0.717) is 0 Å². The lowest BCUT2D eigenvalue weighted by atomic mass is 10.3. The molecule has 2 aromatic rings. The molecule has 2 rings (SSSR count). The van der Waals surface area contributed by atoms with Gasteiger partial charge in [0.15, 0.2) is 5.51 Å². The number of rotatable bonds is 3. The standard InChI is InChI=1S/C9H8NOS2/c1-2-11-13-7-3-4-8-9(5-7)12-6-10-8/h3-5H,2H2,1H3. The summed E-state index contributed by atoms with van der Waals surface area (Å²) in [5.74, 6) is 0. The molecule has 1 aromatic heterocycles. The van der Waals surface area contributed by atoms with Gasteiger partial charge in [0, 0.05) is 16.9 Å². The second kappa shape index (κ2) is 4.09. The highest BCUT2D eigenvalue weighted by Crippen LogP contribution is 2.25. The van der Waals surface area contributed by atoms with Crippen LogP contribution in [0.25, 0.3) is 10.2 Å². The van der Waals surface area contributed by atoms with Crippen LogP contribution in [0.1, 0.15) is 6.92 Å². The lowest BCUT2D eigenvalue weighted by Crippen LogP contribution is -1.77. The highest BCUT2D eigenvalue weighted by molar-refractivity contribution is 7.94. The zero-order valence-corrected chi connectivity index (χ0v) is 8.74. The number of fused-ring (bicyclic) bond motifs is 1. The average molecular weight is 210 g/mol. The summed E-state index contributed by atoms with van der Waals surface area (Å²) < 4.78 is 6.39. The summed E-state index contributed by atoms with van der Waals surface area (Å²) in [5.41, 5.74) is 3.87. The van der Waals surface area contributed by atoms with E-state index < -0.39 is 0 Å². The fourth-order valence-corrected chi connectivity index (χ4v) is 2.23. The molecule has 0 saturated heterocycles. The molecule has 13 heavy (non-hydrogen) atoms. The minimum atomic E-state index is 0.720. The summed E-state index contributed by atoms with van der Waals surface area (Å²) in [7, 11) is 0. The van der Waals surface area contributed by atoms with Gasteiger partial charge in [-0.3, -0.25) is 0 Å². The first-order valence-electron chi connectivity index (χ1n) is 3.96. The van der Waals surface area contributed by atoms with Crippen molar-refractivity contribution >= 4 is 33.6 Å². The molecular weight excluding hydrogens is 202 g/mol. The summed E-state index contributed by atoms with van der Waals surface area (Å²) in [6.07, 6.45) is 0. The van der Waals surface area contributed by atoms with E-state index >= 15 is 0 Å². The van der Waals surface area contributed by atoms with Gasteiger partial charge in [-0.25, -0.2) is 4.98 Å². The van der Waals surface area contributed by atoms with Gasteiger partial charge in [0.2, 0.25) is 0 Å². The molecule has 0 N–H and O–H groups in total. The van der Waals surface area contributed by atoms with Crippen LogP contribution in [-0.4, -0.2) is 11.6 Å². The largest absolute Gasteiger partial charge is 0.311 e. The van der Waals surface area contributed by atoms with Gasteiger partial charge < -0.3 is 4.18 Å². The Labute approximate surface area is 85.1 Å². The van der Waals surface area contributed by atoms with Crippen LogP contribution in [0, 0.1) is 5.51 Å². The van der Waals surface area contributed by atoms with Crippen LogP contribution in [-0.2, 0) is 4.18 Å². The molecule has 0 aliphatic heterocycles. The lowest BCUT2D eigenvalue weighted by Gasteiger charge is -1.98. The monoisotopic (exact) mass is 210 g/mol. The van der Waals surface area contributed by atoms with Crippen LogP contribution in [0.4, 0.5) is 0 Å². The SMILES string of the molecule is CCOSc1ccc2n[c]sc2c1. The van der Waals surface area contributed by atoms with Gasteiger partial charge in [0.25, 0.3) is 0 Å². The number of thiazole rings is 1. The van der Waals surface area contributed by atoms with E-state index in [2.05, 4.69) is 16.6 Å². The molecule has 0 saturated carbocycles. The zero-order chi connectivity index (χ0) is 9.10. The number of hydrogen-bond donors (Lipinski definition) is 0. The van der Waals surface area contributed by atoms with Crippen molar-refractivity contribution in [3.05, 3.63) is 23.7 Å². The first-order valence-corrected chi connectivity index (χ1v) is 5.52. The molecule has 0 aliphatic rings. The fraction of sp³-hybridized carbons (Fsp3) is 0.222. The Kier molecular flexibility index (Phi) is 2.83. The highest BCUT2D eigenvalue weighted by Gasteiger charge is 1.99. The van der Waals surface area contributed by atoms with E-state index in [0.717, 1.165) is 21.7 Å². The maximum atomic E-state index is 5.24. The third-order valence-electron chi connectivity index (χ3n) is 1.53. The Bertz CT molecular complexity index is 399. The molecule has 0 fully saturated rings. The second-order valence-electron chi connectivity index (χ2n) is 2.42. The summed E-state index contributed by atoms with van der Waals surface area (Å²) in [6.45, 7) is 2.70. The third kappa shape index (κ3) is 2.02. The van der Waals surface area contributed by atoms with E-state index in [-0.39, 0.29) is 0 Å². The lowest BCUT2D eigenvalue weighted by molar-refractivity contribution is 0.402. The van der Waals surface area contributed by atoms with Gasteiger partial charge >= 0.3 is 0 Å². The average Bonchev–Trinajstić information content (AvgIpc) is 2.61. The first-order chi connectivity index (χ1) is 6.40. The van der Waals surface area contributed by atoms with Crippen LogP contribution >= 0.6 is 23.4 Å². The Morgan fingerprint density at radius 2 is 2.54 bits per heavy atom. The number of benzene rings is 1. The van der Waals surface area contributed by atoms with Crippen LogP contribution in [0.2, 0.25) is 0 Å². The quantitative estimate of drug-likeness (QED) is 0.727. The second-order valence-corrected chi connectivity index (χ2v) is 4.12. The topological polar surface area (TPSA) is 22.1 Å². The molecule has 0 unspecified atom stereocenters. The molecule has 0 spiro atoms. The molecule has 0 bridgehead atoms. The molecule has 0 amide bonds. The zero-order valence-electron chi connectivity index (χ0n) is 7.11. The Balaban J connectivity index is 2.26. The van der Waals surface area contributed by atoms with Crippen molar-refractivity contribution in [3.63, 3.8) is 0 Å². The molecule has 4 heteroatoms. The fourth-order valence-electron chi connectivity index (χ4n) is 0.969. The third-order valence-corrected chi connectivity index (χ3v) is 3.06. The van der Waals surface area contributed by atoms with Crippen molar-refractivity contribution in [1.29, 1.82) is 0 Å². The summed E-state index contributed by atoms with van der Waals surface area (Å²) >= 11 is 2.93.